The van der Waals surface area contributed by atoms with E-state index in [-0.39, 0.29) is 0 Å². The molecule has 0 amide bonds. The Hall–Kier alpha value is -0.660. The van der Waals surface area contributed by atoms with Crippen LogP contribution in [0.1, 0.15) is 13.3 Å². The Labute approximate surface area is 131 Å². The van der Waals surface area contributed by atoms with E-state index in [1.54, 1.807) is 11.3 Å². The maximum absolute atomic E-state index is 5.46. The highest BCUT2D eigenvalue weighted by molar-refractivity contribution is 7.08. The smallest absolute Gasteiger partial charge is 0.130 e. The second-order valence-electron chi connectivity index (χ2n) is 4.26. The van der Waals surface area contributed by atoms with E-state index in [1.807, 2.05) is 16.8 Å². The number of rotatable bonds is 15. The van der Waals surface area contributed by atoms with E-state index in [0.29, 0.717) is 52.9 Å². The second kappa shape index (κ2) is 14.3. The molecule has 0 saturated heterocycles. The topological polar surface area (TPSA) is 46.2 Å². The average Bonchev–Trinajstić information content (AvgIpc) is 3.01. The predicted molar refractivity (Wildman–Crippen MR) is 83.4 cm³/mol. The molecule has 0 atom stereocenters. The van der Waals surface area contributed by atoms with Crippen molar-refractivity contribution in [2.24, 2.45) is 0 Å². The lowest BCUT2D eigenvalue weighted by Gasteiger charge is -2.07. The van der Waals surface area contributed by atoms with Crippen LogP contribution < -0.4 is 4.74 Å². The Morgan fingerprint density at radius 3 is 1.76 bits per heavy atom. The third kappa shape index (κ3) is 11.7. The van der Waals surface area contributed by atoms with Crippen LogP contribution in [-0.4, -0.2) is 59.5 Å². The quantitative estimate of drug-likeness (QED) is 0.465. The monoisotopic (exact) mass is 318 g/mol. The lowest BCUT2D eigenvalue weighted by atomic mass is 10.5. The third-order valence-corrected chi connectivity index (χ3v) is 3.12. The standard InChI is InChI=1S/C15H26O5S/c1-2-4-16-5-6-17-7-8-18-9-10-19-11-12-20-15-3-13-21-14-15/h3,13-14H,2,4-12H2,1H3. The van der Waals surface area contributed by atoms with Crippen molar-refractivity contribution in [1.82, 2.24) is 0 Å². The first-order valence-corrected chi connectivity index (χ1v) is 8.33. The molecule has 0 saturated carbocycles. The van der Waals surface area contributed by atoms with E-state index in [9.17, 15) is 0 Å². The van der Waals surface area contributed by atoms with Gasteiger partial charge in [0.15, 0.2) is 0 Å². The van der Waals surface area contributed by atoms with Gasteiger partial charge in [-0.1, -0.05) is 6.92 Å². The van der Waals surface area contributed by atoms with Crippen molar-refractivity contribution in [3.05, 3.63) is 16.8 Å². The number of hydrogen-bond acceptors (Lipinski definition) is 6. The molecule has 1 heterocycles. The van der Waals surface area contributed by atoms with Crippen LogP contribution in [-0.2, 0) is 18.9 Å². The zero-order valence-corrected chi connectivity index (χ0v) is 13.6. The molecule has 0 unspecified atom stereocenters. The van der Waals surface area contributed by atoms with Crippen molar-refractivity contribution in [3.63, 3.8) is 0 Å². The summed E-state index contributed by atoms with van der Waals surface area (Å²) < 4.78 is 26.9. The number of hydrogen-bond donors (Lipinski definition) is 0. The van der Waals surface area contributed by atoms with Crippen molar-refractivity contribution in [1.29, 1.82) is 0 Å². The second-order valence-corrected chi connectivity index (χ2v) is 5.04. The van der Waals surface area contributed by atoms with Gasteiger partial charge in [0.2, 0.25) is 0 Å². The van der Waals surface area contributed by atoms with E-state index in [0.717, 1.165) is 18.8 Å². The summed E-state index contributed by atoms with van der Waals surface area (Å²) in [6.45, 7) is 7.64. The SMILES string of the molecule is CCCOCCOCCOCCOCCOc1ccsc1. The van der Waals surface area contributed by atoms with Gasteiger partial charge in [-0.3, -0.25) is 0 Å². The maximum atomic E-state index is 5.46. The van der Waals surface area contributed by atoms with Crippen LogP contribution in [0.15, 0.2) is 16.8 Å². The summed E-state index contributed by atoms with van der Waals surface area (Å²) >= 11 is 1.62. The summed E-state index contributed by atoms with van der Waals surface area (Å²) in [7, 11) is 0. The first kappa shape index (κ1) is 18.4. The molecule has 0 spiro atoms. The molecule has 5 nitrogen and oxygen atoms in total. The van der Waals surface area contributed by atoms with Crippen molar-refractivity contribution in [2.75, 3.05) is 59.5 Å². The summed E-state index contributed by atoms with van der Waals surface area (Å²) in [5, 5.41) is 3.96. The summed E-state index contributed by atoms with van der Waals surface area (Å²) in [4.78, 5) is 0. The van der Waals surface area contributed by atoms with Gasteiger partial charge in [-0.15, -0.1) is 11.3 Å². The Balaban J connectivity index is 1.69. The van der Waals surface area contributed by atoms with E-state index in [2.05, 4.69) is 6.92 Å². The van der Waals surface area contributed by atoms with Crippen LogP contribution >= 0.6 is 11.3 Å². The molecule has 0 aliphatic heterocycles. The minimum absolute atomic E-state index is 0.567. The molecule has 122 valence electrons. The van der Waals surface area contributed by atoms with Gasteiger partial charge in [0, 0.05) is 12.0 Å². The summed E-state index contributed by atoms with van der Waals surface area (Å²) in [5.74, 6) is 0.903. The molecule has 0 radical (unpaired) electrons. The van der Waals surface area contributed by atoms with Crippen LogP contribution in [0.5, 0.6) is 5.75 Å². The number of thiophene rings is 1. The predicted octanol–water partition coefficient (Wildman–Crippen LogP) is 2.60. The Bertz CT molecular complexity index is 305. The summed E-state index contributed by atoms with van der Waals surface area (Å²) in [6.07, 6.45) is 1.04. The minimum Gasteiger partial charge on any atom is -0.490 e. The van der Waals surface area contributed by atoms with Crippen molar-refractivity contribution >= 4 is 11.3 Å². The Kier molecular flexibility index (Phi) is 12.5. The molecule has 1 aromatic heterocycles. The Morgan fingerprint density at radius 2 is 1.29 bits per heavy atom. The summed E-state index contributed by atoms with van der Waals surface area (Å²) in [5.41, 5.74) is 0. The number of ether oxygens (including phenoxy) is 5. The van der Waals surface area contributed by atoms with E-state index >= 15 is 0 Å². The minimum atomic E-state index is 0.567. The fraction of sp³-hybridized carbons (Fsp3) is 0.733. The van der Waals surface area contributed by atoms with Gasteiger partial charge in [-0.2, -0.15) is 0 Å². The third-order valence-electron chi connectivity index (χ3n) is 2.46. The highest BCUT2D eigenvalue weighted by Gasteiger charge is 1.94. The lowest BCUT2D eigenvalue weighted by Crippen LogP contribution is -2.13. The molecule has 0 N–H and O–H groups in total. The maximum Gasteiger partial charge on any atom is 0.130 e. The van der Waals surface area contributed by atoms with Gasteiger partial charge >= 0.3 is 0 Å². The van der Waals surface area contributed by atoms with Crippen molar-refractivity contribution in [3.8, 4) is 5.75 Å². The molecular formula is C15H26O5S. The van der Waals surface area contributed by atoms with Crippen molar-refractivity contribution < 1.29 is 23.7 Å². The fourth-order valence-corrected chi connectivity index (χ4v) is 2.03. The molecule has 1 aromatic rings. The highest BCUT2D eigenvalue weighted by Crippen LogP contribution is 2.14. The molecular weight excluding hydrogens is 292 g/mol. The van der Waals surface area contributed by atoms with E-state index in [1.165, 1.54) is 0 Å². The summed E-state index contributed by atoms with van der Waals surface area (Å²) in [6, 6.07) is 1.95. The van der Waals surface area contributed by atoms with Gasteiger partial charge in [0.25, 0.3) is 0 Å². The van der Waals surface area contributed by atoms with Gasteiger partial charge < -0.3 is 23.7 Å². The molecule has 6 heteroatoms. The average molecular weight is 318 g/mol. The van der Waals surface area contributed by atoms with Crippen molar-refractivity contribution in [2.45, 2.75) is 13.3 Å². The Morgan fingerprint density at radius 1 is 0.762 bits per heavy atom. The molecule has 1 rings (SSSR count). The van der Waals surface area contributed by atoms with Crippen LogP contribution in [0.25, 0.3) is 0 Å². The molecule has 21 heavy (non-hydrogen) atoms. The first-order chi connectivity index (χ1) is 10.4. The van der Waals surface area contributed by atoms with Crippen LogP contribution in [0, 0.1) is 0 Å². The van der Waals surface area contributed by atoms with Gasteiger partial charge in [0.05, 0.1) is 46.2 Å². The lowest BCUT2D eigenvalue weighted by molar-refractivity contribution is -0.00449. The molecule has 0 aliphatic rings. The zero-order valence-electron chi connectivity index (χ0n) is 12.8. The van der Waals surface area contributed by atoms with Crippen LogP contribution in [0.4, 0.5) is 0 Å². The first-order valence-electron chi connectivity index (χ1n) is 7.39. The van der Waals surface area contributed by atoms with Gasteiger partial charge in [-0.25, -0.2) is 0 Å². The molecule has 0 aliphatic carbocycles. The van der Waals surface area contributed by atoms with Crippen LogP contribution in [0.3, 0.4) is 0 Å². The highest BCUT2D eigenvalue weighted by atomic mass is 32.1. The van der Waals surface area contributed by atoms with Crippen LogP contribution in [0.2, 0.25) is 0 Å². The normalized spacial score (nSPS) is 10.9. The largest absolute Gasteiger partial charge is 0.490 e. The molecule has 0 fully saturated rings. The van der Waals surface area contributed by atoms with Gasteiger partial charge in [0.1, 0.15) is 12.4 Å². The molecule has 0 aromatic carbocycles. The van der Waals surface area contributed by atoms with Gasteiger partial charge in [-0.05, 0) is 17.9 Å². The fourth-order valence-electron chi connectivity index (χ4n) is 1.46. The zero-order chi connectivity index (χ0) is 15.0. The molecule has 0 bridgehead atoms. The van der Waals surface area contributed by atoms with E-state index < -0.39 is 0 Å². The van der Waals surface area contributed by atoms with E-state index in [4.69, 9.17) is 23.7 Å².